The number of esters is 1. The van der Waals surface area contributed by atoms with Gasteiger partial charge in [0, 0.05) is 22.4 Å². The molecular formula is C19H20ClNO3S2. The highest BCUT2D eigenvalue weighted by Gasteiger charge is 2.14. The van der Waals surface area contributed by atoms with Gasteiger partial charge in [0.2, 0.25) is 0 Å². The summed E-state index contributed by atoms with van der Waals surface area (Å²) in [6.07, 6.45) is 5.00. The standard InChI is InChI=1S/C19H20ClNO3S2/c1-3-21(12-16-9-10-17(20)26-16)18(22)13-24-19(23)11-6-14-4-7-15(25-2)8-5-14/h4-11H,3,12-13H2,1-2H3/b11-6+. The van der Waals surface area contributed by atoms with E-state index in [0.717, 1.165) is 15.3 Å². The molecule has 2 aromatic rings. The quantitative estimate of drug-likeness (QED) is 0.359. The van der Waals surface area contributed by atoms with Gasteiger partial charge in [-0.25, -0.2) is 4.79 Å². The van der Waals surface area contributed by atoms with E-state index in [-0.39, 0.29) is 12.5 Å². The first-order chi connectivity index (χ1) is 12.5. The summed E-state index contributed by atoms with van der Waals surface area (Å²) >= 11 is 9.00. The monoisotopic (exact) mass is 409 g/mol. The van der Waals surface area contributed by atoms with Gasteiger partial charge in [0.1, 0.15) is 0 Å². The molecule has 4 nitrogen and oxygen atoms in total. The summed E-state index contributed by atoms with van der Waals surface area (Å²) in [5.74, 6) is -0.773. The van der Waals surface area contributed by atoms with E-state index in [1.165, 1.54) is 17.4 Å². The van der Waals surface area contributed by atoms with E-state index < -0.39 is 5.97 Å². The lowest BCUT2D eigenvalue weighted by Gasteiger charge is -2.19. The number of halogens is 1. The van der Waals surface area contributed by atoms with Crippen molar-refractivity contribution in [3.63, 3.8) is 0 Å². The van der Waals surface area contributed by atoms with Crippen LogP contribution >= 0.6 is 34.7 Å². The Balaban J connectivity index is 1.82. The van der Waals surface area contributed by atoms with Crippen molar-refractivity contribution in [2.24, 2.45) is 0 Å². The molecular weight excluding hydrogens is 390 g/mol. The predicted octanol–water partition coefficient (Wildman–Crippen LogP) is 4.73. The van der Waals surface area contributed by atoms with Crippen LogP contribution in [0.25, 0.3) is 6.08 Å². The first kappa shape index (κ1) is 20.6. The number of amides is 1. The van der Waals surface area contributed by atoms with E-state index in [9.17, 15) is 9.59 Å². The van der Waals surface area contributed by atoms with Crippen LogP contribution in [0.4, 0.5) is 0 Å². The Hall–Kier alpha value is -1.76. The Kier molecular flexibility index (Phi) is 8.22. The molecule has 0 spiro atoms. The highest BCUT2D eigenvalue weighted by Crippen LogP contribution is 2.22. The predicted molar refractivity (Wildman–Crippen MR) is 109 cm³/mol. The van der Waals surface area contributed by atoms with E-state index in [0.29, 0.717) is 17.4 Å². The zero-order valence-corrected chi connectivity index (χ0v) is 17.0. The highest BCUT2D eigenvalue weighted by atomic mass is 35.5. The number of rotatable bonds is 8. The fourth-order valence-corrected chi connectivity index (χ4v) is 3.66. The molecule has 0 aliphatic rings. The van der Waals surface area contributed by atoms with E-state index in [1.54, 1.807) is 28.8 Å². The molecule has 1 amide bonds. The summed E-state index contributed by atoms with van der Waals surface area (Å²) in [5, 5.41) is 0. The van der Waals surface area contributed by atoms with Crippen LogP contribution in [0.1, 0.15) is 17.4 Å². The van der Waals surface area contributed by atoms with Crippen LogP contribution in [0.3, 0.4) is 0 Å². The van der Waals surface area contributed by atoms with Gasteiger partial charge >= 0.3 is 5.97 Å². The van der Waals surface area contributed by atoms with Gasteiger partial charge in [0.05, 0.1) is 10.9 Å². The molecule has 2 rings (SSSR count). The minimum atomic E-state index is -0.539. The number of ether oxygens (including phenoxy) is 1. The van der Waals surface area contributed by atoms with Crippen molar-refractivity contribution in [3.05, 3.63) is 57.3 Å². The topological polar surface area (TPSA) is 46.6 Å². The van der Waals surface area contributed by atoms with E-state index in [2.05, 4.69) is 0 Å². The summed E-state index contributed by atoms with van der Waals surface area (Å²) in [6, 6.07) is 11.5. The summed E-state index contributed by atoms with van der Waals surface area (Å²) in [7, 11) is 0. The third-order valence-corrected chi connectivity index (χ3v) is 5.54. The lowest BCUT2D eigenvalue weighted by molar-refractivity contribution is -0.148. The number of nitrogens with zero attached hydrogens (tertiary/aromatic N) is 1. The van der Waals surface area contributed by atoms with Crippen LogP contribution < -0.4 is 0 Å². The maximum Gasteiger partial charge on any atom is 0.331 e. The second-order valence-electron chi connectivity index (χ2n) is 5.33. The highest BCUT2D eigenvalue weighted by molar-refractivity contribution is 7.98. The van der Waals surface area contributed by atoms with Crippen molar-refractivity contribution in [2.75, 3.05) is 19.4 Å². The van der Waals surface area contributed by atoms with E-state index in [4.69, 9.17) is 16.3 Å². The molecule has 0 radical (unpaired) electrons. The zero-order valence-electron chi connectivity index (χ0n) is 14.6. The molecule has 0 saturated carbocycles. The molecule has 138 valence electrons. The Morgan fingerprint density at radius 2 is 1.96 bits per heavy atom. The van der Waals surface area contributed by atoms with Gasteiger partial charge in [0.25, 0.3) is 5.91 Å². The number of thiophene rings is 1. The molecule has 7 heteroatoms. The molecule has 26 heavy (non-hydrogen) atoms. The van der Waals surface area contributed by atoms with Gasteiger partial charge in [-0.15, -0.1) is 23.1 Å². The second-order valence-corrected chi connectivity index (χ2v) is 8.01. The van der Waals surface area contributed by atoms with Crippen LogP contribution in [0.5, 0.6) is 0 Å². The largest absolute Gasteiger partial charge is 0.452 e. The van der Waals surface area contributed by atoms with Gasteiger partial charge in [-0.05, 0) is 49.1 Å². The Morgan fingerprint density at radius 1 is 1.23 bits per heavy atom. The molecule has 0 aliphatic heterocycles. The van der Waals surface area contributed by atoms with E-state index in [1.807, 2.05) is 43.5 Å². The van der Waals surface area contributed by atoms with Crippen molar-refractivity contribution in [2.45, 2.75) is 18.4 Å². The summed E-state index contributed by atoms with van der Waals surface area (Å²) < 4.78 is 5.74. The van der Waals surface area contributed by atoms with Crippen LogP contribution in [0.2, 0.25) is 4.34 Å². The number of thioether (sulfide) groups is 1. The Bertz CT molecular complexity index is 771. The molecule has 0 fully saturated rings. The second kappa shape index (κ2) is 10.4. The van der Waals surface area contributed by atoms with Crippen LogP contribution in [0.15, 0.2) is 47.4 Å². The van der Waals surface area contributed by atoms with Gasteiger partial charge in [-0.3, -0.25) is 4.79 Å². The fourth-order valence-electron chi connectivity index (χ4n) is 2.15. The van der Waals surface area contributed by atoms with Crippen molar-refractivity contribution < 1.29 is 14.3 Å². The third-order valence-electron chi connectivity index (χ3n) is 3.58. The molecule has 0 unspecified atom stereocenters. The minimum absolute atomic E-state index is 0.233. The first-order valence-corrected chi connectivity index (χ1v) is 10.4. The number of benzene rings is 1. The molecule has 0 aliphatic carbocycles. The van der Waals surface area contributed by atoms with Crippen molar-refractivity contribution in [1.82, 2.24) is 4.90 Å². The lowest BCUT2D eigenvalue weighted by atomic mass is 10.2. The van der Waals surface area contributed by atoms with E-state index >= 15 is 0 Å². The molecule has 0 bridgehead atoms. The molecule has 0 N–H and O–H groups in total. The smallest absolute Gasteiger partial charge is 0.331 e. The summed E-state index contributed by atoms with van der Waals surface area (Å²) in [6.45, 7) is 2.60. The van der Waals surface area contributed by atoms with Gasteiger partial charge in [0.15, 0.2) is 6.61 Å². The normalized spacial score (nSPS) is 10.9. The summed E-state index contributed by atoms with van der Waals surface area (Å²) in [4.78, 5) is 27.8. The number of carbonyl (C=O) groups excluding carboxylic acids is 2. The lowest BCUT2D eigenvalue weighted by Crippen LogP contribution is -2.33. The Morgan fingerprint density at radius 3 is 2.54 bits per heavy atom. The Labute approximate surface area is 166 Å². The van der Waals surface area contributed by atoms with Crippen molar-refractivity contribution in [1.29, 1.82) is 0 Å². The van der Waals surface area contributed by atoms with Crippen LogP contribution in [0, 0.1) is 0 Å². The van der Waals surface area contributed by atoms with Crippen molar-refractivity contribution >= 4 is 52.7 Å². The molecule has 0 atom stereocenters. The van der Waals surface area contributed by atoms with Crippen LogP contribution in [-0.2, 0) is 20.9 Å². The third kappa shape index (κ3) is 6.52. The SMILES string of the molecule is CCN(Cc1ccc(Cl)s1)C(=O)COC(=O)/C=C/c1ccc(SC)cc1. The van der Waals surface area contributed by atoms with Crippen molar-refractivity contribution in [3.8, 4) is 0 Å². The summed E-state index contributed by atoms with van der Waals surface area (Å²) in [5.41, 5.74) is 0.899. The van der Waals surface area contributed by atoms with Crippen LogP contribution in [-0.4, -0.2) is 36.2 Å². The number of carbonyl (C=O) groups is 2. The average molecular weight is 410 g/mol. The maximum atomic E-state index is 12.2. The number of likely N-dealkylation sites (N-methyl/N-ethyl adjacent to an activating group) is 1. The molecule has 1 aromatic heterocycles. The first-order valence-electron chi connectivity index (χ1n) is 8.02. The van der Waals surface area contributed by atoms with Gasteiger partial charge in [-0.1, -0.05) is 23.7 Å². The molecule has 1 heterocycles. The average Bonchev–Trinajstić information content (AvgIpc) is 3.07. The zero-order chi connectivity index (χ0) is 18.9. The molecule has 0 saturated heterocycles. The molecule has 1 aromatic carbocycles. The minimum Gasteiger partial charge on any atom is -0.452 e. The maximum absolute atomic E-state index is 12.2. The number of hydrogen-bond acceptors (Lipinski definition) is 5. The van der Waals surface area contributed by atoms with Gasteiger partial charge < -0.3 is 9.64 Å². The fraction of sp³-hybridized carbons (Fsp3) is 0.263. The van der Waals surface area contributed by atoms with Gasteiger partial charge in [-0.2, -0.15) is 0 Å². The number of hydrogen-bond donors (Lipinski definition) is 0.